The van der Waals surface area contributed by atoms with Gasteiger partial charge in [-0.1, -0.05) is 95.5 Å². The standard InChI is InChI=1S/C23H27N5O2.C22H25N5O2.C20H20ClF2N5.C20H22FN5O/c1-16-4-6-17(7-5-16)10-18-11-20(27-12-23(13-27)14-30-15-23)25-21(24-18)28-9-8-19(26-28)22(2,3)29;1-15-3-5-17(6-4-15)9-18-10-20(26-11-22(12-26)13-29-14-22)24-21(23-18)27-8-7-19(25-27)16(2)28;21-15-6-4-14(5-7-15)12-16-13-18(27-9-2-1-3-10-27)25-20(24-16)28-11-8-17(26-28)19(22)23;21-16-6-4-15(5-7-16)12-18-13-19(25-9-2-1-3-10-25)23-20(22-18)26-11-8-17(14-27)24-26/h4-9,11,29H,10,12-15H2,1-3H3;3-8,10,16,28H,9,11-14H2,1-2H3;4-8,11,13,19H,1-3,9-10,12H2;4-8,11,13,27H,1-3,9-10,12,14H2. The molecule has 8 aromatic heterocycles. The number of alkyl halides is 2. The van der Waals surface area contributed by atoms with Crippen molar-refractivity contribution >= 4 is 34.9 Å². The Kier molecular flexibility index (Phi) is 23.7. The Morgan fingerprint density at radius 2 is 0.789 bits per heavy atom. The molecule has 0 saturated carbocycles. The number of aromatic nitrogens is 16. The van der Waals surface area contributed by atoms with E-state index in [1.54, 1.807) is 83.7 Å². The highest BCUT2D eigenvalue weighted by atomic mass is 35.5. The minimum absolute atomic E-state index is 0.124. The lowest BCUT2D eigenvalue weighted by Gasteiger charge is -2.55. The van der Waals surface area contributed by atoms with E-state index in [0.717, 1.165) is 174 Å². The van der Waals surface area contributed by atoms with Gasteiger partial charge in [0.2, 0.25) is 0 Å². The highest BCUT2D eigenvalue weighted by Gasteiger charge is 2.51. The van der Waals surface area contributed by atoms with Crippen LogP contribution in [0.2, 0.25) is 5.02 Å². The third-order valence-corrected chi connectivity index (χ3v) is 21.3. The first kappa shape index (κ1) is 78.4. The number of aryl methyl sites for hydroxylation is 2. The molecule has 3 N–H and O–H groups in total. The van der Waals surface area contributed by atoms with E-state index in [-0.39, 0.29) is 18.1 Å². The van der Waals surface area contributed by atoms with Gasteiger partial charge in [0.05, 0.1) is 89.8 Å². The second-order valence-corrected chi connectivity index (χ2v) is 31.7. The molecular weight excluding hydrogens is 1470 g/mol. The fraction of sp³-hybridized carbons (Fsp3) is 0.388. The van der Waals surface area contributed by atoms with Gasteiger partial charge in [0.15, 0.2) is 0 Å². The van der Waals surface area contributed by atoms with Gasteiger partial charge in [-0.05, 0) is 144 Å². The maximum Gasteiger partial charge on any atom is 0.282 e. The lowest BCUT2D eigenvalue weighted by molar-refractivity contribution is -0.127. The quantitative estimate of drug-likeness (QED) is 0.0640. The molecule has 114 heavy (non-hydrogen) atoms. The summed E-state index contributed by atoms with van der Waals surface area (Å²) in [6.07, 6.45) is 13.2. The van der Waals surface area contributed by atoms with E-state index in [4.69, 9.17) is 46.0 Å². The second-order valence-electron chi connectivity index (χ2n) is 31.3. The summed E-state index contributed by atoms with van der Waals surface area (Å²) in [5.41, 5.74) is 11.6. The monoisotopic (exact) mass is 1570 g/mol. The Balaban J connectivity index is 0.000000120. The second kappa shape index (κ2) is 34.4. The Bertz CT molecular complexity index is 5210. The van der Waals surface area contributed by atoms with Crippen molar-refractivity contribution in [3.8, 4) is 23.8 Å². The SMILES string of the molecule is Cc1ccc(Cc2cc(N3CC4(COC4)C3)nc(-n3ccc(C(C)(C)O)n3)n2)cc1.Cc1ccc(Cc2cc(N3CC4(COC4)C3)nc(-n3ccc(C(C)O)n3)n2)cc1.FC(F)c1ccn(-c2nc(Cc3ccc(Cl)cc3)cc(N3CCCCC3)n2)n1.OCc1ccn(-c2nc(Cc3ccc(F)cc3)cc(N3CCCCC3)n2)n1. The summed E-state index contributed by atoms with van der Waals surface area (Å²) in [7, 11) is 0. The van der Waals surface area contributed by atoms with Crippen LogP contribution < -0.4 is 19.6 Å². The van der Waals surface area contributed by atoms with Crippen molar-refractivity contribution in [1.82, 2.24) is 79.0 Å². The highest BCUT2D eigenvalue weighted by molar-refractivity contribution is 6.30. The van der Waals surface area contributed by atoms with E-state index in [9.17, 15) is 28.5 Å². The number of hydrogen-bond acceptors (Lipinski definition) is 21. The normalized spacial score (nSPS) is 16.4. The van der Waals surface area contributed by atoms with Gasteiger partial charge in [0.25, 0.3) is 30.2 Å². The minimum Gasteiger partial charge on any atom is -0.390 e. The summed E-state index contributed by atoms with van der Waals surface area (Å²) in [5.74, 6) is 5.13. The number of aliphatic hydroxyl groups is 3. The van der Waals surface area contributed by atoms with Crippen molar-refractivity contribution in [2.45, 2.75) is 124 Å². The molecule has 592 valence electrons. The zero-order chi connectivity index (χ0) is 79.1. The topological polar surface area (TPSA) is 267 Å². The third kappa shape index (κ3) is 19.3. The van der Waals surface area contributed by atoms with Gasteiger partial charge in [0.1, 0.15) is 40.4 Å². The van der Waals surface area contributed by atoms with Gasteiger partial charge < -0.3 is 44.4 Å². The maximum absolute atomic E-state index is 13.2. The van der Waals surface area contributed by atoms with Crippen LogP contribution in [0.4, 0.5) is 36.4 Å². The number of rotatable bonds is 20. The fourth-order valence-electron chi connectivity index (χ4n) is 14.6. The van der Waals surface area contributed by atoms with Crippen LogP contribution >= 0.6 is 11.6 Å². The molecule has 18 rings (SSSR count). The van der Waals surface area contributed by atoms with Gasteiger partial charge in [-0.2, -0.15) is 40.3 Å². The van der Waals surface area contributed by atoms with E-state index >= 15 is 0 Å². The van der Waals surface area contributed by atoms with Crippen molar-refractivity contribution in [3.05, 3.63) is 260 Å². The molecule has 14 heterocycles. The molecule has 25 nitrogen and oxygen atoms in total. The minimum atomic E-state index is -2.62. The zero-order valence-electron chi connectivity index (χ0n) is 64.7. The number of aliphatic hydroxyl groups excluding tert-OH is 2. The molecule has 12 aromatic rings. The fourth-order valence-corrected chi connectivity index (χ4v) is 14.7. The van der Waals surface area contributed by atoms with E-state index in [1.165, 1.54) is 64.2 Å². The van der Waals surface area contributed by atoms with Gasteiger partial charge in [-0.25, -0.2) is 51.8 Å². The lowest BCUT2D eigenvalue weighted by Crippen LogP contribution is -2.66. The average molecular weight is 1570 g/mol. The molecular formula is C85H94ClF3N20O5. The summed E-state index contributed by atoms with van der Waals surface area (Å²) < 4.78 is 56.1. The van der Waals surface area contributed by atoms with Crippen molar-refractivity contribution < 1.29 is 38.0 Å². The van der Waals surface area contributed by atoms with Crippen LogP contribution in [-0.4, -0.2) is 173 Å². The smallest absolute Gasteiger partial charge is 0.282 e. The van der Waals surface area contributed by atoms with Crippen LogP contribution in [0.5, 0.6) is 0 Å². The Labute approximate surface area is 665 Å². The van der Waals surface area contributed by atoms with Gasteiger partial charge in [0, 0.05) is 132 Å². The number of nitrogens with zero attached hydrogens (tertiary/aromatic N) is 20. The van der Waals surface area contributed by atoms with E-state index in [1.807, 2.05) is 36.4 Å². The summed E-state index contributed by atoms with van der Waals surface area (Å²) >= 11 is 5.97. The van der Waals surface area contributed by atoms with E-state index in [2.05, 4.69) is 129 Å². The number of anilines is 4. The first-order valence-electron chi connectivity index (χ1n) is 38.9. The lowest BCUT2D eigenvalue weighted by atomic mass is 9.78. The van der Waals surface area contributed by atoms with Crippen LogP contribution in [-0.2, 0) is 47.4 Å². The summed E-state index contributed by atoms with van der Waals surface area (Å²) in [6, 6.07) is 45.9. The number of piperidine rings is 2. The van der Waals surface area contributed by atoms with Crippen LogP contribution in [0.3, 0.4) is 0 Å². The van der Waals surface area contributed by atoms with Crippen molar-refractivity contribution in [1.29, 1.82) is 0 Å². The molecule has 1 atom stereocenters. The summed E-state index contributed by atoms with van der Waals surface area (Å²) in [5, 5.41) is 47.2. The molecule has 0 aliphatic carbocycles. The van der Waals surface area contributed by atoms with Gasteiger partial charge >= 0.3 is 0 Å². The number of ether oxygens (including phenoxy) is 2. The molecule has 1 unspecified atom stereocenters. The van der Waals surface area contributed by atoms with Crippen LogP contribution in [0, 0.1) is 30.5 Å². The van der Waals surface area contributed by atoms with Crippen molar-refractivity contribution in [2.24, 2.45) is 10.8 Å². The number of hydrogen-bond donors (Lipinski definition) is 3. The molecule has 6 fully saturated rings. The van der Waals surface area contributed by atoms with Crippen LogP contribution in [0.15, 0.2) is 170 Å². The molecule has 29 heteroatoms. The van der Waals surface area contributed by atoms with Crippen LogP contribution in [0.1, 0.15) is 151 Å². The molecule has 0 radical (unpaired) electrons. The number of benzene rings is 4. The third-order valence-electron chi connectivity index (χ3n) is 21.1. The van der Waals surface area contributed by atoms with E-state index in [0.29, 0.717) is 69.6 Å². The van der Waals surface area contributed by atoms with E-state index < -0.39 is 18.1 Å². The molecule has 6 saturated heterocycles. The van der Waals surface area contributed by atoms with Crippen molar-refractivity contribution in [2.75, 3.05) is 98.4 Å². The first-order chi connectivity index (χ1) is 55.1. The Hall–Kier alpha value is -10.9. The predicted octanol–water partition coefficient (Wildman–Crippen LogP) is 12.8. The molecule has 6 aliphatic heterocycles. The predicted molar refractivity (Wildman–Crippen MR) is 428 cm³/mol. The van der Waals surface area contributed by atoms with Crippen molar-refractivity contribution in [3.63, 3.8) is 0 Å². The maximum atomic E-state index is 13.2. The Morgan fingerprint density at radius 1 is 0.439 bits per heavy atom. The average Bonchev–Trinajstić information content (AvgIpc) is 1.30. The summed E-state index contributed by atoms with van der Waals surface area (Å²) in [4.78, 5) is 46.7. The largest absolute Gasteiger partial charge is 0.390 e. The number of halogens is 4. The molecule has 2 spiro atoms. The molecule has 0 amide bonds. The van der Waals surface area contributed by atoms with Gasteiger partial charge in [-0.15, -0.1) is 0 Å². The Morgan fingerprint density at radius 3 is 1.13 bits per heavy atom. The molecule has 4 aromatic carbocycles. The van der Waals surface area contributed by atoms with Gasteiger partial charge in [-0.3, -0.25) is 0 Å². The first-order valence-corrected chi connectivity index (χ1v) is 39.3. The molecule has 0 bridgehead atoms. The molecule has 6 aliphatic rings. The van der Waals surface area contributed by atoms with Crippen LogP contribution in [0.25, 0.3) is 23.8 Å². The summed E-state index contributed by atoms with van der Waals surface area (Å²) in [6.45, 7) is 20.2. The zero-order valence-corrected chi connectivity index (χ0v) is 65.5. The highest BCUT2D eigenvalue weighted by Crippen LogP contribution is 2.42.